The van der Waals surface area contributed by atoms with Gasteiger partial charge in [0.1, 0.15) is 10.6 Å². The van der Waals surface area contributed by atoms with E-state index in [-0.39, 0.29) is 16.9 Å². The van der Waals surface area contributed by atoms with E-state index in [2.05, 4.69) is 20.7 Å². The zero-order chi connectivity index (χ0) is 17.9. The van der Waals surface area contributed by atoms with Crippen LogP contribution < -0.4 is 9.46 Å². The Kier molecular flexibility index (Phi) is 6.06. The molecular weight excluding hydrogens is 390 g/mol. The quantitative estimate of drug-likeness (QED) is 0.753. The summed E-state index contributed by atoms with van der Waals surface area (Å²) >= 11 is 3.38. The molecule has 0 radical (unpaired) electrons. The third-order valence-corrected chi connectivity index (χ3v) is 5.94. The van der Waals surface area contributed by atoms with Gasteiger partial charge in [-0.05, 0) is 48.2 Å². The molecule has 2 rings (SSSR count). The number of methoxy groups -OCH3 is 1. The number of benzene rings is 2. The van der Waals surface area contributed by atoms with Crippen molar-refractivity contribution in [1.29, 1.82) is 0 Å². The predicted molar refractivity (Wildman–Crippen MR) is 100.0 cm³/mol. The minimum atomic E-state index is -3.70. The van der Waals surface area contributed by atoms with Crippen LogP contribution in [0.4, 0.5) is 0 Å². The van der Waals surface area contributed by atoms with Crippen LogP contribution in [-0.4, -0.2) is 15.5 Å². The van der Waals surface area contributed by atoms with Crippen LogP contribution >= 0.6 is 15.9 Å². The van der Waals surface area contributed by atoms with Crippen molar-refractivity contribution in [3.05, 3.63) is 58.1 Å². The first-order chi connectivity index (χ1) is 11.2. The summed E-state index contributed by atoms with van der Waals surface area (Å²) in [5, 5.41) is 0. The summed E-state index contributed by atoms with van der Waals surface area (Å²) in [5.41, 5.74) is 1.84. The third-order valence-electron chi connectivity index (χ3n) is 3.85. The lowest BCUT2D eigenvalue weighted by atomic mass is 10.0. The highest BCUT2D eigenvalue weighted by molar-refractivity contribution is 9.10. The number of hydrogen-bond acceptors (Lipinski definition) is 3. The van der Waals surface area contributed by atoms with E-state index in [0.717, 1.165) is 15.6 Å². The SMILES string of the molecule is COc1ccc(C(C)C)cc1S(=O)(=O)N[C@@H](C)c1ccc(Br)cc1. The molecule has 1 atom stereocenters. The molecule has 24 heavy (non-hydrogen) atoms. The van der Waals surface area contributed by atoms with Crippen molar-refractivity contribution < 1.29 is 13.2 Å². The van der Waals surface area contributed by atoms with Gasteiger partial charge in [0.25, 0.3) is 0 Å². The molecule has 1 N–H and O–H groups in total. The van der Waals surface area contributed by atoms with Crippen molar-refractivity contribution in [3.63, 3.8) is 0 Å². The molecule has 0 fully saturated rings. The maximum atomic E-state index is 12.8. The zero-order valence-corrected chi connectivity index (χ0v) is 16.6. The van der Waals surface area contributed by atoms with Crippen LogP contribution in [0.15, 0.2) is 51.8 Å². The van der Waals surface area contributed by atoms with Crippen LogP contribution in [0, 0.1) is 0 Å². The Morgan fingerprint density at radius 3 is 2.12 bits per heavy atom. The second-order valence-corrected chi connectivity index (χ2v) is 8.56. The molecule has 0 amide bonds. The Bertz CT molecular complexity index is 802. The number of ether oxygens (including phenoxy) is 1. The highest BCUT2D eigenvalue weighted by atomic mass is 79.9. The van der Waals surface area contributed by atoms with Crippen molar-refractivity contribution in [2.75, 3.05) is 7.11 Å². The summed E-state index contributed by atoms with van der Waals surface area (Å²) in [6.45, 7) is 5.87. The summed E-state index contributed by atoms with van der Waals surface area (Å²) < 4.78 is 34.6. The Morgan fingerprint density at radius 2 is 1.58 bits per heavy atom. The maximum Gasteiger partial charge on any atom is 0.244 e. The van der Waals surface area contributed by atoms with Gasteiger partial charge in [-0.25, -0.2) is 13.1 Å². The van der Waals surface area contributed by atoms with Gasteiger partial charge in [0, 0.05) is 10.5 Å². The number of hydrogen-bond donors (Lipinski definition) is 1. The van der Waals surface area contributed by atoms with Crippen LogP contribution in [0.2, 0.25) is 0 Å². The average molecular weight is 412 g/mol. The number of rotatable bonds is 6. The fourth-order valence-corrected chi connectivity index (χ4v) is 4.08. The minimum Gasteiger partial charge on any atom is -0.495 e. The van der Waals surface area contributed by atoms with Gasteiger partial charge < -0.3 is 4.74 Å². The van der Waals surface area contributed by atoms with Crippen molar-refractivity contribution >= 4 is 26.0 Å². The second-order valence-electron chi connectivity index (χ2n) is 5.96. The topological polar surface area (TPSA) is 55.4 Å². The Labute approximate surface area is 152 Å². The highest BCUT2D eigenvalue weighted by Crippen LogP contribution is 2.29. The van der Waals surface area contributed by atoms with E-state index in [1.807, 2.05) is 51.1 Å². The molecule has 0 aromatic heterocycles. The molecule has 6 heteroatoms. The molecule has 2 aromatic rings. The van der Waals surface area contributed by atoms with Gasteiger partial charge in [-0.15, -0.1) is 0 Å². The lowest BCUT2D eigenvalue weighted by Gasteiger charge is -2.18. The van der Waals surface area contributed by atoms with Crippen LogP contribution in [0.5, 0.6) is 5.75 Å². The standard InChI is InChI=1S/C18H22BrNO3S/c1-12(2)15-7-10-17(23-4)18(11-15)24(21,22)20-13(3)14-5-8-16(19)9-6-14/h5-13,20H,1-4H3/t13-/m0/s1. The van der Waals surface area contributed by atoms with Crippen LogP contribution in [-0.2, 0) is 10.0 Å². The Balaban J connectivity index is 2.35. The van der Waals surface area contributed by atoms with E-state index in [9.17, 15) is 8.42 Å². The zero-order valence-electron chi connectivity index (χ0n) is 14.2. The summed E-state index contributed by atoms with van der Waals surface area (Å²) in [7, 11) is -2.23. The minimum absolute atomic E-state index is 0.167. The van der Waals surface area contributed by atoms with Crippen molar-refractivity contribution in [2.24, 2.45) is 0 Å². The monoisotopic (exact) mass is 411 g/mol. The maximum absolute atomic E-state index is 12.8. The van der Waals surface area contributed by atoms with E-state index < -0.39 is 10.0 Å². The number of sulfonamides is 1. The van der Waals surface area contributed by atoms with Gasteiger partial charge >= 0.3 is 0 Å². The van der Waals surface area contributed by atoms with E-state index in [0.29, 0.717) is 5.75 Å². The highest BCUT2D eigenvalue weighted by Gasteiger charge is 2.23. The first-order valence-electron chi connectivity index (χ1n) is 7.70. The number of halogens is 1. The summed E-state index contributed by atoms with van der Waals surface area (Å²) in [6.07, 6.45) is 0. The molecule has 0 spiro atoms. The molecular formula is C18H22BrNO3S. The van der Waals surface area contributed by atoms with Gasteiger partial charge in [0.05, 0.1) is 7.11 Å². The first-order valence-corrected chi connectivity index (χ1v) is 9.98. The van der Waals surface area contributed by atoms with E-state index in [1.54, 1.807) is 12.1 Å². The molecule has 2 aromatic carbocycles. The molecule has 0 saturated heterocycles. The average Bonchev–Trinajstić information content (AvgIpc) is 2.54. The molecule has 0 heterocycles. The van der Waals surface area contributed by atoms with Crippen LogP contribution in [0.1, 0.15) is 43.9 Å². The molecule has 0 bridgehead atoms. The van der Waals surface area contributed by atoms with Crippen molar-refractivity contribution in [1.82, 2.24) is 4.72 Å². The van der Waals surface area contributed by atoms with Gasteiger partial charge in [-0.3, -0.25) is 0 Å². The summed E-state index contributed by atoms with van der Waals surface area (Å²) in [6, 6.07) is 12.5. The lowest BCUT2D eigenvalue weighted by Crippen LogP contribution is -2.27. The summed E-state index contributed by atoms with van der Waals surface area (Å²) in [4.78, 5) is 0.167. The molecule has 0 unspecified atom stereocenters. The number of nitrogens with one attached hydrogen (secondary N) is 1. The first kappa shape index (κ1) is 19.0. The molecule has 0 aliphatic carbocycles. The Hall–Kier alpha value is -1.37. The molecule has 0 aliphatic heterocycles. The van der Waals surface area contributed by atoms with Crippen LogP contribution in [0.3, 0.4) is 0 Å². The molecule has 0 aliphatic rings. The summed E-state index contributed by atoms with van der Waals surface area (Å²) in [5.74, 6) is 0.573. The second kappa shape index (κ2) is 7.68. The smallest absolute Gasteiger partial charge is 0.244 e. The molecule has 0 saturated carbocycles. The third kappa shape index (κ3) is 4.37. The Morgan fingerprint density at radius 1 is 1.00 bits per heavy atom. The normalized spacial score (nSPS) is 13.1. The largest absolute Gasteiger partial charge is 0.495 e. The predicted octanol–water partition coefficient (Wildman–Crippen LogP) is 4.62. The van der Waals surface area contributed by atoms with Crippen molar-refractivity contribution in [3.8, 4) is 5.75 Å². The van der Waals surface area contributed by atoms with Gasteiger partial charge in [0.2, 0.25) is 10.0 Å². The van der Waals surface area contributed by atoms with Crippen molar-refractivity contribution in [2.45, 2.75) is 37.6 Å². The van der Waals surface area contributed by atoms with Gasteiger partial charge in [0.15, 0.2) is 0 Å². The van der Waals surface area contributed by atoms with E-state index in [4.69, 9.17) is 4.74 Å². The fourth-order valence-electron chi connectivity index (χ4n) is 2.38. The van der Waals surface area contributed by atoms with Gasteiger partial charge in [-0.1, -0.05) is 48.0 Å². The van der Waals surface area contributed by atoms with E-state index in [1.165, 1.54) is 7.11 Å². The van der Waals surface area contributed by atoms with Crippen LogP contribution in [0.25, 0.3) is 0 Å². The molecule has 4 nitrogen and oxygen atoms in total. The van der Waals surface area contributed by atoms with Gasteiger partial charge in [-0.2, -0.15) is 0 Å². The fraction of sp³-hybridized carbons (Fsp3) is 0.333. The molecule has 130 valence electrons. The van der Waals surface area contributed by atoms with E-state index >= 15 is 0 Å². The lowest BCUT2D eigenvalue weighted by molar-refractivity contribution is 0.401.